The highest BCUT2D eigenvalue weighted by Gasteiger charge is 2.43. The van der Waals surface area contributed by atoms with E-state index in [1.807, 2.05) is 0 Å². The van der Waals surface area contributed by atoms with Gasteiger partial charge in [0.05, 0.1) is 0 Å². The van der Waals surface area contributed by atoms with E-state index in [0.29, 0.717) is 0 Å². The highest BCUT2D eigenvalue weighted by Crippen LogP contribution is 2.42. The number of nitrogens with zero attached hydrogens (tertiary/aromatic N) is 1. The molecule has 0 spiro atoms. The second-order valence-electron chi connectivity index (χ2n) is 9.79. The maximum Gasteiger partial charge on any atom is 0.0399 e. The first-order valence-electron chi connectivity index (χ1n) is 9.80. The molecule has 1 rings (SSSR count). The van der Waals surface area contributed by atoms with Crippen LogP contribution in [0.3, 0.4) is 0 Å². The van der Waals surface area contributed by atoms with Crippen LogP contribution in [0, 0.1) is 5.41 Å². The van der Waals surface area contributed by atoms with Crippen LogP contribution in [0.25, 0.3) is 0 Å². The third-order valence-corrected chi connectivity index (χ3v) is 5.58. The van der Waals surface area contributed by atoms with Crippen LogP contribution >= 0.6 is 0 Å². The molecule has 24 heavy (non-hydrogen) atoms. The highest BCUT2D eigenvalue weighted by atomic mass is 15.3. The number of hydrogen-bond acceptors (Lipinski definition) is 1. The Hall–Kier alpha value is -0.980. The Morgan fingerprint density at radius 1 is 0.750 bits per heavy atom. The predicted octanol–water partition coefficient (Wildman–Crippen LogP) is 7.24. The minimum Gasteiger partial charge on any atom is -0.361 e. The van der Waals surface area contributed by atoms with Gasteiger partial charge in [-0.2, -0.15) is 0 Å². The molecule has 0 aliphatic rings. The summed E-state index contributed by atoms with van der Waals surface area (Å²) in [6.45, 7) is 21.0. The zero-order chi connectivity index (χ0) is 18.6. The van der Waals surface area contributed by atoms with E-state index in [9.17, 15) is 0 Å². The molecular formula is C23H41N. The Kier molecular flexibility index (Phi) is 6.96. The smallest absolute Gasteiger partial charge is 0.0399 e. The molecular weight excluding hydrogens is 290 g/mol. The minimum atomic E-state index is 0.0634. The fourth-order valence-electron chi connectivity index (χ4n) is 3.45. The van der Waals surface area contributed by atoms with E-state index >= 15 is 0 Å². The van der Waals surface area contributed by atoms with Crippen molar-refractivity contribution in [1.29, 1.82) is 0 Å². The van der Waals surface area contributed by atoms with Gasteiger partial charge >= 0.3 is 0 Å². The third-order valence-electron chi connectivity index (χ3n) is 5.58. The molecule has 0 bridgehead atoms. The molecule has 0 saturated carbocycles. The number of benzene rings is 1. The molecule has 1 aromatic carbocycles. The monoisotopic (exact) mass is 331 g/mol. The molecule has 1 heteroatoms. The van der Waals surface area contributed by atoms with E-state index in [1.165, 1.54) is 43.4 Å². The Morgan fingerprint density at radius 3 is 1.71 bits per heavy atom. The molecule has 0 aliphatic carbocycles. The van der Waals surface area contributed by atoms with Gasteiger partial charge in [0, 0.05) is 16.8 Å². The Labute approximate surface area is 151 Å². The van der Waals surface area contributed by atoms with Gasteiger partial charge < -0.3 is 4.90 Å². The molecule has 0 unspecified atom stereocenters. The van der Waals surface area contributed by atoms with E-state index in [4.69, 9.17) is 0 Å². The van der Waals surface area contributed by atoms with Crippen molar-refractivity contribution in [3.8, 4) is 0 Å². The first-order valence-corrected chi connectivity index (χ1v) is 9.80. The van der Waals surface area contributed by atoms with Gasteiger partial charge in [0.2, 0.25) is 0 Å². The van der Waals surface area contributed by atoms with Crippen LogP contribution in [0.4, 0.5) is 5.69 Å². The Balaban J connectivity index is 3.01. The summed E-state index contributed by atoms with van der Waals surface area (Å²) >= 11 is 0. The van der Waals surface area contributed by atoms with Crippen molar-refractivity contribution < 1.29 is 0 Å². The number of unbranched alkanes of at least 4 members (excludes halogenated alkanes) is 3. The molecule has 0 atom stereocenters. The lowest BCUT2D eigenvalue weighted by Crippen LogP contribution is -2.60. The average molecular weight is 332 g/mol. The number of anilines is 1. The summed E-state index contributed by atoms with van der Waals surface area (Å²) in [5, 5.41) is 0. The molecule has 1 nitrogen and oxygen atoms in total. The van der Waals surface area contributed by atoms with Gasteiger partial charge in [0.1, 0.15) is 0 Å². The number of rotatable bonds is 7. The summed E-state index contributed by atoms with van der Waals surface area (Å²) in [6.07, 6.45) is 6.53. The molecule has 138 valence electrons. The fourth-order valence-corrected chi connectivity index (χ4v) is 3.45. The van der Waals surface area contributed by atoms with E-state index in [2.05, 4.69) is 91.5 Å². The molecule has 0 amide bonds. The largest absolute Gasteiger partial charge is 0.361 e. The quantitative estimate of drug-likeness (QED) is 0.476. The SMILES string of the molecule is CCCCCCc1ccc(N(C(C)(C)C)C(C)(C)C(C)(C)C)cc1. The number of aryl methyl sites for hydroxylation is 1. The molecule has 0 radical (unpaired) electrons. The van der Waals surface area contributed by atoms with E-state index in [0.717, 1.165) is 0 Å². The van der Waals surface area contributed by atoms with Gasteiger partial charge in [-0.1, -0.05) is 59.1 Å². The average Bonchev–Trinajstić information content (AvgIpc) is 2.42. The maximum atomic E-state index is 2.60. The molecule has 0 aromatic heterocycles. The van der Waals surface area contributed by atoms with Crippen LogP contribution in [0.5, 0.6) is 0 Å². The van der Waals surface area contributed by atoms with Crippen LogP contribution in [-0.2, 0) is 6.42 Å². The van der Waals surface area contributed by atoms with E-state index in [1.54, 1.807) is 0 Å². The lowest BCUT2D eigenvalue weighted by atomic mass is 9.73. The zero-order valence-electron chi connectivity index (χ0n) is 17.8. The van der Waals surface area contributed by atoms with Crippen molar-refractivity contribution in [3.05, 3.63) is 29.8 Å². The van der Waals surface area contributed by atoms with Crippen LogP contribution in [-0.4, -0.2) is 11.1 Å². The van der Waals surface area contributed by atoms with Crippen molar-refractivity contribution in [1.82, 2.24) is 0 Å². The van der Waals surface area contributed by atoms with Gasteiger partial charge in [-0.25, -0.2) is 0 Å². The molecule has 0 aliphatic heterocycles. The molecule has 0 N–H and O–H groups in total. The van der Waals surface area contributed by atoms with Crippen molar-refractivity contribution >= 4 is 5.69 Å². The van der Waals surface area contributed by atoms with Gasteiger partial charge in [-0.15, -0.1) is 0 Å². The highest BCUT2D eigenvalue weighted by molar-refractivity contribution is 5.53. The lowest BCUT2D eigenvalue weighted by Gasteiger charge is -2.55. The van der Waals surface area contributed by atoms with Crippen molar-refractivity contribution in [2.24, 2.45) is 5.41 Å². The van der Waals surface area contributed by atoms with E-state index in [-0.39, 0.29) is 16.5 Å². The summed E-state index contributed by atoms with van der Waals surface area (Å²) in [5.41, 5.74) is 3.14. The minimum absolute atomic E-state index is 0.0634. The fraction of sp³-hybridized carbons (Fsp3) is 0.739. The normalized spacial score (nSPS) is 13.2. The Bertz CT molecular complexity index is 482. The standard InChI is InChI=1S/C23H41N/c1-10-11-12-13-14-19-15-17-20(18-16-19)24(22(5,6)7)23(8,9)21(2,3)4/h15-18H,10-14H2,1-9H3. The summed E-state index contributed by atoms with van der Waals surface area (Å²) in [5.74, 6) is 0. The first-order chi connectivity index (χ1) is 10.9. The summed E-state index contributed by atoms with van der Waals surface area (Å²) in [6, 6.07) is 9.32. The van der Waals surface area contributed by atoms with Crippen LogP contribution in [0.1, 0.15) is 93.6 Å². The second-order valence-corrected chi connectivity index (χ2v) is 9.79. The predicted molar refractivity (Wildman–Crippen MR) is 110 cm³/mol. The molecule has 0 saturated heterocycles. The molecule has 0 fully saturated rings. The van der Waals surface area contributed by atoms with Crippen LogP contribution in [0.2, 0.25) is 0 Å². The van der Waals surface area contributed by atoms with Gasteiger partial charge in [-0.3, -0.25) is 0 Å². The van der Waals surface area contributed by atoms with Crippen molar-refractivity contribution in [2.75, 3.05) is 4.90 Å². The summed E-state index contributed by atoms with van der Waals surface area (Å²) in [4.78, 5) is 2.60. The van der Waals surface area contributed by atoms with Crippen molar-refractivity contribution in [3.63, 3.8) is 0 Å². The zero-order valence-corrected chi connectivity index (χ0v) is 17.8. The lowest BCUT2D eigenvalue weighted by molar-refractivity contribution is 0.183. The Morgan fingerprint density at radius 2 is 1.29 bits per heavy atom. The third kappa shape index (κ3) is 5.26. The van der Waals surface area contributed by atoms with Crippen LogP contribution < -0.4 is 4.90 Å². The van der Waals surface area contributed by atoms with Crippen LogP contribution in [0.15, 0.2) is 24.3 Å². The topological polar surface area (TPSA) is 3.24 Å². The maximum absolute atomic E-state index is 2.60. The second kappa shape index (κ2) is 7.93. The molecule has 1 aromatic rings. The summed E-state index contributed by atoms with van der Waals surface area (Å²) in [7, 11) is 0. The summed E-state index contributed by atoms with van der Waals surface area (Å²) < 4.78 is 0. The van der Waals surface area contributed by atoms with Gasteiger partial charge in [0.25, 0.3) is 0 Å². The first kappa shape index (κ1) is 21.1. The van der Waals surface area contributed by atoms with Gasteiger partial charge in [0.15, 0.2) is 0 Å². The van der Waals surface area contributed by atoms with Crippen molar-refractivity contribution in [2.45, 2.75) is 105 Å². The molecule has 0 heterocycles. The van der Waals surface area contributed by atoms with Gasteiger partial charge in [-0.05, 0) is 70.6 Å². The van der Waals surface area contributed by atoms with E-state index < -0.39 is 0 Å². The number of hydrogen-bond donors (Lipinski definition) is 0.